The molecule has 0 aliphatic carbocycles. The molecule has 1 saturated heterocycles. The van der Waals surface area contributed by atoms with Gasteiger partial charge in [0, 0.05) is 6.04 Å². The van der Waals surface area contributed by atoms with Gasteiger partial charge in [-0.1, -0.05) is 68.4 Å². The summed E-state index contributed by atoms with van der Waals surface area (Å²) in [5.74, 6) is 0. The summed E-state index contributed by atoms with van der Waals surface area (Å²) in [5.41, 5.74) is 2.93. The molecule has 160 valence electrons. The number of hydrogen-bond donors (Lipinski definition) is 1. The van der Waals surface area contributed by atoms with Gasteiger partial charge in [0.1, 0.15) is 19.8 Å². The summed E-state index contributed by atoms with van der Waals surface area (Å²) in [6.07, 6.45) is 1.68. The number of benzene rings is 2. The molecule has 1 aliphatic heterocycles. The first-order valence-electron chi connectivity index (χ1n) is 11.4. The number of aliphatic hydroxyl groups is 1. The largest absolute Gasteiger partial charge is 0.389 e. The highest BCUT2D eigenvalue weighted by Crippen LogP contribution is 2.38. The number of para-hydroxylation sites is 1. The zero-order valence-corrected chi connectivity index (χ0v) is 19.4. The topological polar surface area (TPSA) is 54.2 Å². The van der Waals surface area contributed by atoms with Crippen LogP contribution in [0, 0.1) is 0 Å². The fourth-order valence-electron chi connectivity index (χ4n) is 5.53. The molecule has 0 saturated carbocycles. The SMILES string of the molecule is CC[Si](CC)(CC)N1CCC[C@H]1C(O)C(c1ccccc1)n1nnc2ccccc21. The molecule has 0 spiro atoms. The molecule has 5 nitrogen and oxygen atoms in total. The Bertz CT molecular complexity index is 948. The van der Waals surface area contributed by atoms with Crippen LogP contribution in [0.5, 0.6) is 0 Å². The van der Waals surface area contributed by atoms with E-state index in [0.29, 0.717) is 0 Å². The molecule has 2 aromatic carbocycles. The van der Waals surface area contributed by atoms with Gasteiger partial charge in [0.2, 0.25) is 0 Å². The second-order valence-corrected chi connectivity index (χ2v) is 13.7. The molecule has 1 aromatic heterocycles. The van der Waals surface area contributed by atoms with Crippen molar-refractivity contribution < 1.29 is 5.11 Å². The quantitative estimate of drug-likeness (QED) is 0.527. The van der Waals surface area contributed by atoms with E-state index < -0.39 is 14.3 Å². The molecule has 1 N–H and O–H groups in total. The van der Waals surface area contributed by atoms with Crippen molar-refractivity contribution in [2.75, 3.05) is 6.54 Å². The third kappa shape index (κ3) is 3.61. The van der Waals surface area contributed by atoms with E-state index in [2.05, 4.69) is 47.8 Å². The molecular weight excluding hydrogens is 388 g/mol. The molecule has 0 amide bonds. The minimum absolute atomic E-state index is 0.171. The lowest BCUT2D eigenvalue weighted by molar-refractivity contribution is 0.0642. The number of fused-ring (bicyclic) bond motifs is 1. The highest BCUT2D eigenvalue weighted by molar-refractivity contribution is 6.77. The molecule has 3 atom stereocenters. The van der Waals surface area contributed by atoms with Gasteiger partial charge in [0.25, 0.3) is 0 Å². The molecule has 2 unspecified atom stereocenters. The van der Waals surface area contributed by atoms with Gasteiger partial charge in [0.15, 0.2) is 0 Å². The Morgan fingerprint density at radius 3 is 2.37 bits per heavy atom. The summed E-state index contributed by atoms with van der Waals surface area (Å²) in [6.45, 7) is 8.16. The minimum atomic E-state index is -1.57. The summed E-state index contributed by atoms with van der Waals surface area (Å²) >= 11 is 0. The van der Waals surface area contributed by atoms with Crippen LogP contribution in [0.3, 0.4) is 0 Å². The first-order valence-corrected chi connectivity index (χ1v) is 14.0. The molecule has 6 heteroatoms. The standard InChI is InChI=1S/C24H34N4OSi/c1-4-30(5-2,6-3)27-18-12-17-22(27)24(29)23(19-13-8-7-9-14-19)28-21-16-11-10-15-20(21)25-26-28/h7-11,13-16,22-24,29H,4-6,12,17-18H2,1-3H3/t22-,23?,24?/m0/s1. The first-order chi connectivity index (χ1) is 14.6. The zero-order chi connectivity index (χ0) is 21.1. The third-order valence-electron chi connectivity index (χ3n) is 7.38. The maximum Gasteiger partial charge on any atom is 0.127 e. The van der Waals surface area contributed by atoms with E-state index in [1.807, 2.05) is 47.1 Å². The Balaban J connectivity index is 1.78. The molecule has 30 heavy (non-hydrogen) atoms. The van der Waals surface area contributed by atoms with Crippen molar-refractivity contribution in [2.24, 2.45) is 0 Å². The summed E-state index contributed by atoms with van der Waals surface area (Å²) in [4.78, 5) is 0. The summed E-state index contributed by atoms with van der Waals surface area (Å²) in [6, 6.07) is 22.0. The molecule has 1 aliphatic rings. The van der Waals surface area contributed by atoms with Crippen molar-refractivity contribution in [3.8, 4) is 0 Å². The predicted octanol–water partition coefficient (Wildman–Crippen LogP) is 4.85. The van der Waals surface area contributed by atoms with Gasteiger partial charge in [-0.25, -0.2) is 4.68 Å². The second kappa shape index (κ2) is 9.00. The predicted molar refractivity (Wildman–Crippen MR) is 125 cm³/mol. The van der Waals surface area contributed by atoms with Crippen LogP contribution in [0.2, 0.25) is 18.1 Å². The zero-order valence-electron chi connectivity index (χ0n) is 18.4. The summed E-state index contributed by atoms with van der Waals surface area (Å²) < 4.78 is 4.69. The van der Waals surface area contributed by atoms with Crippen molar-refractivity contribution in [2.45, 2.75) is 69.9 Å². The van der Waals surface area contributed by atoms with E-state index in [0.717, 1.165) is 36.0 Å². The van der Waals surface area contributed by atoms with Crippen LogP contribution in [-0.4, -0.2) is 51.6 Å². The number of aliphatic hydroxyl groups excluding tert-OH is 1. The molecule has 0 radical (unpaired) electrons. The molecule has 4 rings (SSSR count). The highest BCUT2D eigenvalue weighted by atomic mass is 28.3. The second-order valence-electron chi connectivity index (χ2n) is 8.56. The van der Waals surface area contributed by atoms with Gasteiger partial charge in [-0.15, -0.1) is 5.10 Å². The Kier molecular flexibility index (Phi) is 6.36. The lowest BCUT2D eigenvalue weighted by atomic mass is 9.95. The third-order valence-corrected chi connectivity index (χ3v) is 13.1. The van der Waals surface area contributed by atoms with Crippen molar-refractivity contribution in [1.82, 2.24) is 19.6 Å². The van der Waals surface area contributed by atoms with Crippen LogP contribution in [0.15, 0.2) is 54.6 Å². The fraction of sp³-hybridized carbons (Fsp3) is 0.500. The minimum Gasteiger partial charge on any atom is -0.389 e. The van der Waals surface area contributed by atoms with E-state index in [4.69, 9.17) is 0 Å². The smallest absolute Gasteiger partial charge is 0.127 e. The lowest BCUT2D eigenvalue weighted by Gasteiger charge is -2.44. The Labute approximate surface area is 180 Å². The van der Waals surface area contributed by atoms with E-state index in [-0.39, 0.29) is 12.1 Å². The van der Waals surface area contributed by atoms with E-state index >= 15 is 0 Å². The summed E-state index contributed by atoms with van der Waals surface area (Å²) in [7, 11) is -1.57. The maximum atomic E-state index is 11.9. The molecule has 1 fully saturated rings. The Hall–Kier alpha value is -2.02. The number of rotatable bonds is 8. The molecular formula is C24H34N4OSi. The Morgan fingerprint density at radius 2 is 1.67 bits per heavy atom. The van der Waals surface area contributed by atoms with Crippen LogP contribution in [0.1, 0.15) is 45.2 Å². The maximum absolute atomic E-state index is 11.9. The summed E-state index contributed by atoms with van der Waals surface area (Å²) in [5, 5.41) is 20.8. The van der Waals surface area contributed by atoms with Gasteiger partial charge in [-0.05, 0) is 55.2 Å². The molecule has 2 heterocycles. The van der Waals surface area contributed by atoms with Crippen LogP contribution < -0.4 is 0 Å². The first kappa shape index (κ1) is 21.2. The van der Waals surface area contributed by atoms with Crippen molar-refractivity contribution >= 4 is 19.3 Å². The molecule has 3 aromatic rings. The van der Waals surface area contributed by atoms with Gasteiger partial charge >= 0.3 is 0 Å². The van der Waals surface area contributed by atoms with Crippen molar-refractivity contribution in [3.63, 3.8) is 0 Å². The number of aromatic nitrogens is 3. The van der Waals surface area contributed by atoms with Crippen LogP contribution in [0.4, 0.5) is 0 Å². The van der Waals surface area contributed by atoms with Gasteiger partial charge < -0.3 is 9.67 Å². The van der Waals surface area contributed by atoms with Crippen molar-refractivity contribution in [1.29, 1.82) is 0 Å². The monoisotopic (exact) mass is 422 g/mol. The molecule has 0 bridgehead atoms. The van der Waals surface area contributed by atoms with E-state index in [1.54, 1.807) is 0 Å². The van der Waals surface area contributed by atoms with E-state index in [9.17, 15) is 5.11 Å². The average molecular weight is 423 g/mol. The van der Waals surface area contributed by atoms with E-state index in [1.165, 1.54) is 18.1 Å². The lowest BCUT2D eigenvalue weighted by Crippen LogP contribution is -2.58. The number of hydrogen-bond acceptors (Lipinski definition) is 4. The van der Waals surface area contributed by atoms with Gasteiger partial charge in [-0.2, -0.15) is 0 Å². The van der Waals surface area contributed by atoms with Gasteiger partial charge in [-0.3, -0.25) is 0 Å². The normalized spacial score (nSPS) is 19.9. The Morgan fingerprint density at radius 1 is 1.00 bits per heavy atom. The fourth-order valence-corrected chi connectivity index (χ4v) is 9.87. The van der Waals surface area contributed by atoms with Gasteiger partial charge in [0.05, 0.1) is 11.6 Å². The van der Waals surface area contributed by atoms with Crippen LogP contribution in [0.25, 0.3) is 11.0 Å². The number of nitrogens with zero attached hydrogens (tertiary/aromatic N) is 4. The van der Waals surface area contributed by atoms with Crippen molar-refractivity contribution in [3.05, 3.63) is 60.2 Å². The highest BCUT2D eigenvalue weighted by Gasteiger charge is 2.46. The van der Waals surface area contributed by atoms with Crippen LogP contribution >= 0.6 is 0 Å². The average Bonchev–Trinajstić information content (AvgIpc) is 3.45. The van der Waals surface area contributed by atoms with Crippen LogP contribution in [-0.2, 0) is 0 Å².